The predicted molar refractivity (Wildman–Crippen MR) is 56.0 cm³/mol. The second-order valence-electron chi connectivity index (χ2n) is 3.36. The van der Waals surface area contributed by atoms with Crippen molar-refractivity contribution in [3.63, 3.8) is 0 Å². The summed E-state index contributed by atoms with van der Waals surface area (Å²) in [7, 11) is 0. The number of aliphatic hydroxyl groups excluding tert-OH is 1. The first-order valence-corrected chi connectivity index (χ1v) is 4.60. The van der Waals surface area contributed by atoms with Gasteiger partial charge in [0.2, 0.25) is 0 Å². The van der Waals surface area contributed by atoms with Gasteiger partial charge in [0.15, 0.2) is 0 Å². The third-order valence-corrected chi connectivity index (χ3v) is 2.59. The van der Waals surface area contributed by atoms with E-state index in [0.29, 0.717) is 16.8 Å². The molecule has 0 unspecified atom stereocenters. The molecule has 0 atom stereocenters. The molecule has 4 heteroatoms. The van der Waals surface area contributed by atoms with Crippen LogP contribution in [0.5, 0.6) is 0 Å². The fraction of sp³-hybridized carbons (Fsp3) is 0.182. The molecule has 0 amide bonds. The molecule has 0 radical (unpaired) electrons. The van der Waals surface area contributed by atoms with Gasteiger partial charge in [0.05, 0.1) is 12.1 Å². The molecular weight excluding hydrogens is 194 g/mol. The molecule has 0 saturated carbocycles. The summed E-state index contributed by atoms with van der Waals surface area (Å²) < 4.78 is 1.20. The van der Waals surface area contributed by atoms with Crippen LogP contribution in [0.3, 0.4) is 0 Å². The predicted octanol–water partition coefficient (Wildman–Crippen LogP) is 1.97. The molecule has 0 spiro atoms. The maximum atomic E-state index is 11.0. The summed E-state index contributed by atoms with van der Waals surface area (Å²) in [6, 6.07) is 7.15. The molecule has 0 fully saturated rings. The van der Waals surface area contributed by atoms with E-state index in [9.17, 15) is 9.90 Å². The number of carboxylic acid groups (broad SMARTS) is 1. The second-order valence-corrected chi connectivity index (χ2v) is 3.36. The highest BCUT2D eigenvalue weighted by atomic mass is 16.4. The largest absolute Gasteiger partial charge is 0.464 e. The average Bonchev–Trinajstić information content (AvgIpc) is 2.49. The molecule has 0 aliphatic rings. The Morgan fingerprint density at radius 2 is 2.07 bits per heavy atom. The van der Waals surface area contributed by atoms with E-state index in [-0.39, 0.29) is 6.61 Å². The molecule has 0 bridgehead atoms. The van der Waals surface area contributed by atoms with Gasteiger partial charge in [0.1, 0.15) is 0 Å². The highest BCUT2D eigenvalue weighted by molar-refractivity contribution is 5.92. The van der Waals surface area contributed by atoms with E-state index < -0.39 is 6.09 Å². The normalized spacial score (nSPS) is 10.8. The van der Waals surface area contributed by atoms with E-state index in [1.54, 1.807) is 19.1 Å². The smallest absolute Gasteiger partial charge is 0.416 e. The lowest BCUT2D eigenvalue weighted by atomic mass is 10.1. The number of para-hydroxylation sites is 1. The molecular formula is C11H11NO3. The molecule has 15 heavy (non-hydrogen) atoms. The summed E-state index contributed by atoms with van der Waals surface area (Å²) in [5, 5.41) is 19.1. The highest BCUT2D eigenvalue weighted by Gasteiger charge is 2.16. The minimum absolute atomic E-state index is 0.146. The maximum Gasteiger partial charge on any atom is 0.416 e. The highest BCUT2D eigenvalue weighted by Crippen LogP contribution is 2.25. The summed E-state index contributed by atoms with van der Waals surface area (Å²) in [6.07, 6.45) is -1.02. The molecule has 0 saturated heterocycles. The Balaban J connectivity index is 2.91. The summed E-state index contributed by atoms with van der Waals surface area (Å²) in [6.45, 7) is 1.55. The summed E-state index contributed by atoms with van der Waals surface area (Å²) in [4.78, 5) is 11.0. The van der Waals surface area contributed by atoms with E-state index in [4.69, 9.17) is 5.11 Å². The number of carbonyl (C=O) groups is 1. The van der Waals surface area contributed by atoms with Gasteiger partial charge in [-0.2, -0.15) is 0 Å². The number of nitrogens with zero attached hydrogens (tertiary/aromatic N) is 1. The van der Waals surface area contributed by atoms with Gasteiger partial charge < -0.3 is 10.2 Å². The van der Waals surface area contributed by atoms with Crippen molar-refractivity contribution in [3.8, 4) is 0 Å². The minimum atomic E-state index is -1.02. The summed E-state index contributed by atoms with van der Waals surface area (Å²) >= 11 is 0. The SMILES string of the molecule is Cc1c(CO)c2ccccc2n1C(=O)O. The number of aliphatic hydroxyl groups is 1. The van der Waals surface area contributed by atoms with Crippen LogP contribution in [0.4, 0.5) is 4.79 Å². The second kappa shape index (κ2) is 3.40. The molecule has 1 aromatic heterocycles. The van der Waals surface area contributed by atoms with Crippen LogP contribution in [0.2, 0.25) is 0 Å². The van der Waals surface area contributed by atoms with E-state index >= 15 is 0 Å². The number of hydrogen-bond acceptors (Lipinski definition) is 2. The Bertz CT molecular complexity index is 528. The lowest BCUT2D eigenvalue weighted by Gasteiger charge is -2.00. The van der Waals surface area contributed by atoms with Crippen molar-refractivity contribution < 1.29 is 15.0 Å². The van der Waals surface area contributed by atoms with Crippen LogP contribution in [0.25, 0.3) is 10.9 Å². The van der Waals surface area contributed by atoms with Gasteiger partial charge in [-0.05, 0) is 13.0 Å². The number of hydrogen-bond donors (Lipinski definition) is 2. The van der Waals surface area contributed by atoms with Crippen LogP contribution in [0.1, 0.15) is 11.3 Å². The zero-order valence-corrected chi connectivity index (χ0v) is 8.27. The van der Waals surface area contributed by atoms with Crippen LogP contribution < -0.4 is 0 Å². The molecule has 0 aliphatic carbocycles. The van der Waals surface area contributed by atoms with Gasteiger partial charge in [-0.3, -0.25) is 0 Å². The zero-order chi connectivity index (χ0) is 11.0. The Hall–Kier alpha value is -1.81. The van der Waals surface area contributed by atoms with Gasteiger partial charge in [-0.15, -0.1) is 0 Å². The van der Waals surface area contributed by atoms with Crippen molar-refractivity contribution in [1.82, 2.24) is 4.57 Å². The quantitative estimate of drug-likeness (QED) is 0.748. The van der Waals surface area contributed by atoms with E-state index in [2.05, 4.69) is 0 Å². The number of aromatic nitrogens is 1. The lowest BCUT2D eigenvalue weighted by Crippen LogP contribution is -2.09. The Kier molecular flexibility index (Phi) is 2.21. The fourth-order valence-corrected chi connectivity index (χ4v) is 1.88. The number of rotatable bonds is 1. The van der Waals surface area contributed by atoms with E-state index in [1.807, 2.05) is 12.1 Å². The molecule has 1 heterocycles. The average molecular weight is 205 g/mol. The first kappa shape index (κ1) is 9.73. The monoisotopic (exact) mass is 205 g/mol. The standard InChI is InChI=1S/C11H11NO3/c1-7-9(6-13)8-4-2-3-5-10(8)12(7)11(14)15/h2-5,13H,6H2,1H3,(H,14,15). The van der Waals surface area contributed by atoms with Crippen LogP contribution in [-0.2, 0) is 6.61 Å². The first-order valence-electron chi connectivity index (χ1n) is 4.60. The fourth-order valence-electron chi connectivity index (χ4n) is 1.88. The molecule has 4 nitrogen and oxygen atoms in total. The van der Waals surface area contributed by atoms with Crippen LogP contribution in [-0.4, -0.2) is 20.9 Å². The van der Waals surface area contributed by atoms with E-state index in [1.165, 1.54) is 4.57 Å². The maximum absolute atomic E-state index is 11.0. The molecule has 2 aromatic rings. The lowest BCUT2D eigenvalue weighted by molar-refractivity contribution is 0.197. The van der Waals surface area contributed by atoms with Crippen molar-refractivity contribution in [3.05, 3.63) is 35.5 Å². The molecule has 78 valence electrons. The third kappa shape index (κ3) is 1.30. The van der Waals surface area contributed by atoms with Gasteiger partial charge in [-0.25, -0.2) is 9.36 Å². The summed E-state index contributed by atoms with van der Waals surface area (Å²) in [5.41, 5.74) is 1.87. The van der Waals surface area contributed by atoms with Crippen molar-refractivity contribution in [2.45, 2.75) is 13.5 Å². The van der Waals surface area contributed by atoms with E-state index in [0.717, 1.165) is 5.39 Å². The van der Waals surface area contributed by atoms with Crippen LogP contribution in [0, 0.1) is 6.92 Å². The molecule has 2 N–H and O–H groups in total. The topological polar surface area (TPSA) is 62.5 Å². The van der Waals surface area contributed by atoms with Crippen molar-refractivity contribution in [1.29, 1.82) is 0 Å². The Morgan fingerprint density at radius 3 is 2.67 bits per heavy atom. The van der Waals surface area contributed by atoms with Gasteiger partial charge in [0, 0.05) is 16.6 Å². The zero-order valence-electron chi connectivity index (χ0n) is 8.27. The molecule has 0 aliphatic heterocycles. The van der Waals surface area contributed by atoms with Crippen LogP contribution >= 0.6 is 0 Å². The van der Waals surface area contributed by atoms with Gasteiger partial charge >= 0.3 is 6.09 Å². The minimum Gasteiger partial charge on any atom is -0.464 e. The summed E-state index contributed by atoms with van der Waals surface area (Å²) in [5.74, 6) is 0. The molecule has 2 rings (SSSR count). The van der Waals surface area contributed by atoms with Gasteiger partial charge in [0.25, 0.3) is 0 Å². The van der Waals surface area contributed by atoms with Crippen molar-refractivity contribution >= 4 is 17.0 Å². The third-order valence-electron chi connectivity index (χ3n) is 2.59. The Labute approximate surface area is 86.4 Å². The number of fused-ring (bicyclic) bond motifs is 1. The Morgan fingerprint density at radius 1 is 1.40 bits per heavy atom. The molecule has 1 aromatic carbocycles. The number of benzene rings is 1. The van der Waals surface area contributed by atoms with Crippen molar-refractivity contribution in [2.75, 3.05) is 0 Å². The van der Waals surface area contributed by atoms with Crippen LogP contribution in [0.15, 0.2) is 24.3 Å². The first-order chi connectivity index (χ1) is 7.16. The van der Waals surface area contributed by atoms with Crippen molar-refractivity contribution in [2.24, 2.45) is 0 Å². The van der Waals surface area contributed by atoms with Gasteiger partial charge in [-0.1, -0.05) is 18.2 Å².